The molecule has 0 amide bonds. The van der Waals surface area contributed by atoms with Gasteiger partial charge in [0.1, 0.15) is 5.82 Å². The van der Waals surface area contributed by atoms with Crippen LogP contribution in [0.25, 0.3) is 0 Å². The molecule has 0 aliphatic carbocycles. The average Bonchev–Trinajstić information content (AvgIpc) is 2.70. The summed E-state index contributed by atoms with van der Waals surface area (Å²) in [7, 11) is 1.67. The molecular formula is C11H19N3O3S. The van der Waals surface area contributed by atoms with Crippen LogP contribution in [0.15, 0.2) is 5.16 Å². The molecule has 1 rings (SSSR count). The zero-order chi connectivity index (χ0) is 13.4. The molecule has 0 saturated carbocycles. The highest BCUT2D eigenvalue weighted by atomic mass is 32.2. The molecule has 7 heteroatoms. The van der Waals surface area contributed by atoms with E-state index in [0.29, 0.717) is 11.8 Å². The Hall–Kier alpha value is -1.08. The largest absolute Gasteiger partial charge is 0.481 e. The first-order valence-corrected chi connectivity index (χ1v) is 6.93. The summed E-state index contributed by atoms with van der Waals surface area (Å²) in [6.45, 7) is 3.52. The number of hydrogen-bond acceptors (Lipinski definition) is 5. The fourth-order valence-corrected chi connectivity index (χ4v) is 2.26. The van der Waals surface area contributed by atoms with Crippen molar-refractivity contribution < 1.29 is 14.6 Å². The number of nitrogens with zero attached hydrogens (tertiary/aromatic N) is 3. The molecule has 1 N–H and O–H groups in total. The maximum absolute atomic E-state index is 10.6. The summed E-state index contributed by atoms with van der Waals surface area (Å²) < 4.78 is 7.02. The third-order valence-corrected chi connectivity index (χ3v) is 3.27. The van der Waals surface area contributed by atoms with Crippen molar-refractivity contribution in [3.63, 3.8) is 0 Å². The van der Waals surface area contributed by atoms with Gasteiger partial charge in [-0.25, -0.2) is 0 Å². The lowest BCUT2D eigenvalue weighted by Crippen LogP contribution is -2.08. The highest BCUT2D eigenvalue weighted by Crippen LogP contribution is 2.18. The van der Waals surface area contributed by atoms with Crippen LogP contribution in [0.1, 0.15) is 25.6 Å². The highest BCUT2D eigenvalue weighted by molar-refractivity contribution is 7.99. The van der Waals surface area contributed by atoms with E-state index >= 15 is 0 Å². The topological polar surface area (TPSA) is 77.2 Å². The van der Waals surface area contributed by atoms with Crippen molar-refractivity contribution in [2.45, 2.75) is 37.9 Å². The molecule has 0 fully saturated rings. The van der Waals surface area contributed by atoms with Crippen LogP contribution in [-0.4, -0.2) is 45.3 Å². The van der Waals surface area contributed by atoms with Gasteiger partial charge in [0.2, 0.25) is 0 Å². The summed E-state index contributed by atoms with van der Waals surface area (Å²) in [6.07, 6.45) is 2.71. The Morgan fingerprint density at radius 3 is 2.89 bits per heavy atom. The number of thioether (sulfide) groups is 1. The number of hydrogen-bond donors (Lipinski definition) is 1. The summed E-state index contributed by atoms with van der Waals surface area (Å²) >= 11 is 1.21. The van der Waals surface area contributed by atoms with Gasteiger partial charge in [0.15, 0.2) is 5.16 Å². The van der Waals surface area contributed by atoms with Crippen LogP contribution in [-0.2, 0) is 22.5 Å². The number of ether oxygens (including phenoxy) is 1. The molecule has 0 saturated heterocycles. The molecule has 0 spiro atoms. The molecule has 0 atom stereocenters. The molecule has 6 nitrogen and oxygen atoms in total. The Morgan fingerprint density at radius 1 is 1.50 bits per heavy atom. The van der Waals surface area contributed by atoms with Gasteiger partial charge in [-0.15, -0.1) is 10.2 Å². The van der Waals surface area contributed by atoms with Gasteiger partial charge in [-0.1, -0.05) is 18.7 Å². The number of aliphatic carboxylic acids is 1. The fourth-order valence-electron chi connectivity index (χ4n) is 1.55. The lowest BCUT2D eigenvalue weighted by molar-refractivity contribution is -0.133. The quantitative estimate of drug-likeness (QED) is 0.542. The number of carboxylic acids is 1. The van der Waals surface area contributed by atoms with Gasteiger partial charge in [-0.3, -0.25) is 4.79 Å². The molecule has 0 unspecified atom stereocenters. The predicted octanol–water partition coefficient (Wildman–Crippen LogP) is 1.44. The normalized spacial score (nSPS) is 10.8. The minimum Gasteiger partial charge on any atom is -0.481 e. The van der Waals surface area contributed by atoms with E-state index in [2.05, 4.69) is 17.1 Å². The zero-order valence-electron chi connectivity index (χ0n) is 10.8. The molecule has 0 radical (unpaired) electrons. The van der Waals surface area contributed by atoms with Crippen molar-refractivity contribution in [1.82, 2.24) is 14.8 Å². The molecule has 18 heavy (non-hydrogen) atoms. The Labute approximate surface area is 111 Å². The van der Waals surface area contributed by atoms with E-state index in [1.807, 2.05) is 4.57 Å². The lowest BCUT2D eigenvalue weighted by atomic mass is 10.3. The second-order valence-corrected chi connectivity index (χ2v) is 4.77. The Morgan fingerprint density at radius 2 is 2.28 bits per heavy atom. The highest BCUT2D eigenvalue weighted by Gasteiger charge is 2.12. The number of carboxylic acid groups (broad SMARTS) is 1. The number of carbonyl (C=O) groups is 1. The minimum absolute atomic E-state index is 0.00847. The van der Waals surface area contributed by atoms with Crippen molar-refractivity contribution in [1.29, 1.82) is 0 Å². The van der Waals surface area contributed by atoms with E-state index in [4.69, 9.17) is 9.84 Å². The van der Waals surface area contributed by atoms with E-state index in [0.717, 1.165) is 31.6 Å². The van der Waals surface area contributed by atoms with Gasteiger partial charge >= 0.3 is 5.97 Å². The third-order valence-electron chi connectivity index (χ3n) is 2.32. The third kappa shape index (κ3) is 4.66. The monoisotopic (exact) mass is 273 g/mol. The molecule has 1 aromatic heterocycles. The first-order chi connectivity index (χ1) is 8.69. The smallest absolute Gasteiger partial charge is 0.313 e. The molecule has 102 valence electrons. The van der Waals surface area contributed by atoms with Crippen molar-refractivity contribution in [3.8, 4) is 0 Å². The van der Waals surface area contributed by atoms with Crippen LogP contribution >= 0.6 is 11.8 Å². The van der Waals surface area contributed by atoms with E-state index in [9.17, 15) is 4.79 Å². The Balaban J connectivity index is 2.71. The van der Waals surface area contributed by atoms with Gasteiger partial charge in [0.25, 0.3) is 0 Å². The second kappa shape index (κ2) is 8.10. The van der Waals surface area contributed by atoms with Crippen molar-refractivity contribution in [2.24, 2.45) is 0 Å². The summed E-state index contributed by atoms with van der Waals surface area (Å²) in [5.74, 6) is 0.0825. The van der Waals surface area contributed by atoms with Crippen LogP contribution < -0.4 is 0 Å². The van der Waals surface area contributed by atoms with E-state index < -0.39 is 5.97 Å². The standard InChI is InChI=1S/C11H19N3O3S/c1-3-5-9-12-13-11(18-8-10(15)16)14(9)6-4-7-17-2/h3-8H2,1-2H3,(H,15,16). The van der Waals surface area contributed by atoms with Crippen LogP contribution in [0, 0.1) is 0 Å². The van der Waals surface area contributed by atoms with E-state index in [-0.39, 0.29) is 5.75 Å². The second-order valence-electron chi connectivity index (χ2n) is 3.83. The minimum atomic E-state index is -0.844. The molecular weight excluding hydrogens is 254 g/mol. The SMILES string of the molecule is CCCc1nnc(SCC(=O)O)n1CCCOC. The molecule has 1 heterocycles. The molecule has 0 aromatic carbocycles. The lowest BCUT2D eigenvalue weighted by Gasteiger charge is -2.08. The van der Waals surface area contributed by atoms with E-state index in [1.165, 1.54) is 11.8 Å². The van der Waals surface area contributed by atoms with Crippen molar-refractivity contribution in [2.75, 3.05) is 19.5 Å². The summed E-state index contributed by atoms with van der Waals surface area (Å²) in [5.41, 5.74) is 0. The van der Waals surface area contributed by atoms with E-state index in [1.54, 1.807) is 7.11 Å². The van der Waals surface area contributed by atoms with Gasteiger partial charge in [0.05, 0.1) is 5.75 Å². The van der Waals surface area contributed by atoms with Gasteiger partial charge < -0.3 is 14.4 Å². The first kappa shape index (κ1) is 15.0. The van der Waals surface area contributed by atoms with Gasteiger partial charge in [-0.2, -0.15) is 0 Å². The molecule has 0 bridgehead atoms. The number of aryl methyl sites for hydroxylation is 1. The molecule has 0 aliphatic heterocycles. The Kier molecular flexibility index (Phi) is 6.74. The van der Waals surface area contributed by atoms with Crippen molar-refractivity contribution in [3.05, 3.63) is 5.82 Å². The average molecular weight is 273 g/mol. The number of aromatic nitrogens is 3. The maximum atomic E-state index is 10.6. The van der Waals surface area contributed by atoms with Crippen LogP contribution in [0.5, 0.6) is 0 Å². The predicted molar refractivity (Wildman–Crippen MR) is 68.9 cm³/mol. The molecule has 0 aliphatic rings. The van der Waals surface area contributed by atoms with Crippen LogP contribution in [0.2, 0.25) is 0 Å². The number of methoxy groups -OCH3 is 1. The number of rotatable bonds is 9. The van der Waals surface area contributed by atoms with Gasteiger partial charge in [0, 0.05) is 26.7 Å². The van der Waals surface area contributed by atoms with Crippen LogP contribution in [0.4, 0.5) is 0 Å². The Bertz CT molecular complexity index is 382. The van der Waals surface area contributed by atoms with Crippen molar-refractivity contribution >= 4 is 17.7 Å². The first-order valence-electron chi connectivity index (χ1n) is 5.94. The fraction of sp³-hybridized carbons (Fsp3) is 0.727. The summed E-state index contributed by atoms with van der Waals surface area (Å²) in [4.78, 5) is 10.6. The summed E-state index contributed by atoms with van der Waals surface area (Å²) in [5, 5.41) is 17.5. The zero-order valence-corrected chi connectivity index (χ0v) is 11.6. The summed E-state index contributed by atoms with van der Waals surface area (Å²) in [6, 6.07) is 0. The van der Waals surface area contributed by atoms with Gasteiger partial charge in [-0.05, 0) is 12.8 Å². The molecule has 1 aromatic rings. The maximum Gasteiger partial charge on any atom is 0.313 e. The van der Waals surface area contributed by atoms with Crippen LogP contribution in [0.3, 0.4) is 0 Å².